The lowest BCUT2D eigenvalue weighted by atomic mass is 10.1. The van der Waals surface area contributed by atoms with Crippen molar-refractivity contribution in [3.63, 3.8) is 0 Å². The quantitative estimate of drug-likeness (QED) is 0.371. The largest absolute Gasteiger partial charge is 0.270 e. The molecule has 0 radical (unpaired) electrons. The summed E-state index contributed by atoms with van der Waals surface area (Å²) >= 11 is 1.16. The number of rotatable bonds is 5. The molecule has 32 heavy (non-hydrogen) atoms. The predicted octanol–water partition coefficient (Wildman–Crippen LogP) is 4.81. The predicted molar refractivity (Wildman–Crippen MR) is 121 cm³/mol. The van der Waals surface area contributed by atoms with Crippen LogP contribution in [0.15, 0.2) is 90.1 Å². The van der Waals surface area contributed by atoms with Crippen molar-refractivity contribution in [1.29, 1.82) is 0 Å². The highest BCUT2D eigenvalue weighted by molar-refractivity contribution is 7.93. The van der Waals surface area contributed by atoms with Crippen LogP contribution in [0.2, 0.25) is 0 Å². The van der Waals surface area contributed by atoms with Gasteiger partial charge in [-0.25, -0.2) is 32.1 Å². The van der Waals surface area contributed by atoms with Gasteiger partial charge < -0.3 is 0 Å². The lowest BCUT2D eigenvalue weighted by Crippen LogP contribution is -2.26. The van der Waals surface area contributed by atoms with Gasteiger partial charge in [-0.15, -0.1) is 11.3 Å². The molecule has 0 aliphatic carbocycles. The van der Waals surface area contributed by atoms with Gasteiger partial charge in [0.25, 0.3) is 10.0 Å². The fourth-order valence-electron chi connectivity index (χ4n) is 3.33. The minimum absolute atomic E-state index is 0.0750. The van der Waals surface area contributed by atoms with Crippen LogP contribution in [-0.2, 0) is 10.0 Å². The van der Waals surface area contributed by atoms with Gasteiger partial charge in [0.05, 0.1) is 10.6 Å². The molecular formula is C22H14FN5O2S2. The average molecular weight is 464 g/mol. The Kier molecular flexibility index (Phi) is 5.08. The van der Waals surface area contributed by atoms with Gasteiger partial charge in [-0.05, 0) is 41.8 Å². The van der Waals surface area contributed by atoms with E-state index in [4.69, 9.17) is 0 Å². The monoisotopic (exact) mass is 463 g/mol. The molecular weight excluding hydrogens is 449 g/mol. The second-order valence-corrected chi connectivity index (χ2v) is 9.42. The molecule has 5 aromatic rings. The van der Waals surface area contributed by atoms with Crippen molar-refractivity contribution in [3.05, 3.63) is 91.0 Å². The molecule has 3 aromatic heterocycles. The van der Waals surface area contributed by atoms with Crippen LogP contribution in [-0.4, -0.2) is 28.4 Å². The van der Waals surface area contributed by atoms with Crippen LogP contribution in [0.4, 0.5) is 15.2 Å². The Morgan fingerprint density at radius 1 is 0.875 bits per heavy atom. The van der Waals surface area contributed by atoms with E-state index in [0.717, 1.165) is 26.4 Å². The lowest BCUT2D eigenvalue weighted by molar-refractivity contribution is 0.596. The summed E-state index contributed by atoms with van der Waals surface area (Å²) in [5, 5.41) is 3.45. The summed E-state index contributed by atoms with van der Waals surface area (Å²) in [5.74, 6) is -0.512. The molecule has 0 bridgehead atoms. The van der Waals surface area contributed by atoms with Crippen LogP contribution in [0.25, 0.3) is 21.9 Å². The Bertz CT molecular complexity index is 1510. The fraction of sp³-hybridized carbons (Fsp3) is 0. The number of halogens is 1. The van der Waals surface area contributed by atoms with Gasteiger partial charge in [0.2, 0.25) is 5.13 Å². The Labute approximate surface area is 186 Å². The second kappa shape index (κ2) is 8.06. The molecule has 0 amide bonds. The first-order valence-corrected chi connectivity index (χ1v) is 11.7. The molecule has 0 N–H and O–H groups in total. The number of nitrogens with zero attached hydrogens (tertiary/aromatic N) is 5. The lowest BCUT2D eigenvalue weighted by Gasteiger charge is -2.24. The number of fused-ring (bicyclic) bond motifs is 1. The highest BCUT2D eigenvalue weighted by Crippen LogP contribution is 2.40. The van der Waals surface area contributed by atoms with E-state index in [1.165, 1.54) is 49.2 Å². The zero-order chi connectivity index (χ0) is 22.1. The third-order valence-electron chi connectivity index (χ3n) is 4.79. The van der Waals surface area contributed by atoms with Crippen LogP contribution < -0.4 is 4.31 Å². The van der Waals surface area contributed by atoms with Crippen molar-refractivity contribution in [1.82, 2.24) is 19.9 Å². The molecule has 0 saturated carbocycles. The standard InChI is InChI=1S/C22H14FN5O2S2/c23-18-2-4-21(20(10-18)17-12-25-14-26-13-17)28(22-27-7-8-31-22)32(29,30)19-3-1-16-11-24-6-5-15(16)9-19/h1-14H. The summed E-state index contributed by atoms with van der Waals surface area (Å²) in [4.78, 5) is 16.4. The number of hydrogen-bond acceptors (Lipinski definition) is 7. The summed E-state index contributed by atoms with van der Waals surface area (Å²) in [6, 6.07) is 10.4. The van der Waals surface area contributed by atoms with E-state index in [1.54, 1.807) is 36.0 Å². The van der Waals surface area contributed by atoms with E-state index in [-0.39, 0.29) is 15.7 Å². The number of hydrogen-bond donors (Lipinski definition) is 0. The van der Waals surface area contributed by atoms with Crippen molar-refractivity contribution < 1.29 is 12.8 Å². The van der Waals surface area contributed by atoms with Crippen LogP contribution in [0.3, 0.4) is 0 Å². The van der Waals surface area contributed by atoms with Crippen molar-refractivity contribution in [2.45, 2.75) is 4.90 Å². The number of pyridine rings is 1. The smallest absolute Gasteiger partial charge is 0.264 e. The average Bonchev–Trinajstić information content (AvgIpc) is 3.34. The SMILES string of the molecule is O=S(=O)(c1ccc2cnccc2c1)N(c1nccs1)c1ccc(F)cc1-c1cncnc1. The van der Waals surface area contributed by atoms with Crippen LogP contribution in [0.1, 0.15) is 0 Å². The molecule has 10 heteroatoms. The molecule has 0 fully saturated rings. The molecule has 0 atom stereocenters. The molecule has 3 heterocycles. The van der Waals surface area contributed by atoms with E-state index in [1.807, 2.05) is 0 Å². The van der Waals surface area contributed by atoms with E-state index in [2.05, 4.69) is 19.9 Å². The summed E-state index contributed by atoms with van der Waals surface area (Å²) in [6.45, 7) is 0. The highest BCUT2D eigenvalue weighted by Gasteiger charge is 2.31. The van der Waals surface area contributed by atoms with Gasteiger partial charge in [0.1, 0.15) is 12.1 Å². The number of anilines is 2. The van der Waals surface area contributed by atoms with Crippen molar-refractivity contribution in [2.75, 3.05) is 4.31 Å². The minimum Gasteiger partial charge on any atom is -0.264 e. The van der Waals surface area contributed by atoms with Crippen molar-refractivity contribution in [3.8, 4) is 11.1 Å². The van der Waals surface area contributed by atoms with E-state index in [9.17, 15) is 12.8 Å². The Balaban J connectivity index is 1.75. The summed E-state index contributed by atoms with van der Waals surface area (Å²) in [6.07, 6.45) is 9.13. The van der Waals surface area contributed by atoms with Gasteiger partial charge in [0.15, 0.2) is 0 Å². The molecule has 7 nitrogen and oxygen atoms in total. The van der Waals surface area contributed by atoms with Crippen LogP contribution in [0.5, 0.6) is 0 Å². The number of sulfonamides is 1. The summed E-state index contributed by atoms with van der Waals surface area (Å²) < 4.78 is 43.1. The van der Waals surface area contributed by atoms with Gasteiger partial charge in [0, 0.05) is 52.9 Å². The zero-order valence-electron chi connectivity index (χ0n) is 16.3. The zero-order valence-corrected chi connectivity index (χ0v) is 18.0. The van der Waals surface area contributed by atoms with Gasteiger partial charge in [-0.2, -0.15) is 0 Å². The molecule has 158 valence electrons. The topological polar surface area (TPSA) is 88.9 Å². The maximum Gasteiger partial charge on any atom is 0.270 e. The second-order valence-electron chi connectivity index (χ2n) is 6.76. The highest BCUT2D eigenvalue weighted by atomic mass is 32.2. The first-order chi connectivity index (χ1) is 15.5. The Morgan fingerprint density at radius 3 is 2.50 bits per heavy atom. The third kappa shape index (κ3) is 3.59. The first kappa shape index (κ1) is 20.2. The maximum atomic E-state index is 14.2. The summed E-state index contributed by atoms with van der Waals surface area (Å²) in [7, 11) is -4.11. The van der Waals surface area contributed by atoms with Gasteiger partial charge in [-0.3, -0.25) is 4.98 Å². The molecule has 0 saturated heterocycles. The maximum absolute atomic E-state index is 14.2. The fourth-order valence-corrected chi connectivity index (χ4v) is 5.71. The normalized spacial score (nSPS) is 11.5. The Morgan fingerprint density at radius 2 is 1.72 bits per heavy atom. The first-order valence-electron chi connectivity index (χ1n) is 9.37. The van der Waals surface area contributed by atoms with E-state index >= 15 is 0 Å². The number of aromatic nitrogens is 4. The van der Waals surface area contributed by atoms with Gasteiger partial charge in [-0.1, -0.05) is 6.07 Å². The van der Waals surface area contributed by atoms with Crippen LogP contribution in [0, 0.1) is 5.82 Å². The molecule has 0 aliphatic rings. The van der Waals surface area contributed by atoms with Crippen molar-refractivity contribution in [2.24, 2.45) is 0 Å². The molecule has 0 unspecified atom stereocenters. The molecule has 0 spiro atoms. The summed E-state index contributed by atoms with van der Waals surface area (Å²) in [5.41, 5.74) is 1.05. The molecule has 5 rings (SSSR count). The Hall–Kier alpha value is -3.76. The molecule has 2 aromatic carbocycles. The molecule has 0 aliphatic heterocycles. The van der Waals surface area contributed by atoms with Crippen LogP contribution >= 0.6 is 11.3 Å². The van der Waals surface area contributed by atoms with E-state index in [0.29, 0.717) is 11.1 Å². The number of benzene rings is 2. The minimum atomic E-state index is -4.11. The van der Waals surface area contributed by atoms with E-state index < -0.39 is 15.8 Å². The number of thiazole rings is 1. The third-order valence-corrected chi connectivity index (χ3v) is 7.36. The van der Waals surface area contributed by atoms with Gasteiger partial charge >= 0.3 is 0 Å². The van der Waals surface area contributed by atoms with Crippen molar-refractivity contribution >= 4 is 43.0 Å².